The quantitative estimate of drug-likeness (QED) is 0.348. The Bertz CT molecular complexity index is 1610. The third-order valence-corrected chi connectivity index (χ3v) is 6.76. The third kappa shape index (κ3) is 5.93. The Hall–Kier alpha value is -5.07. The number of hydrogen-bond acceptors (Lipinski definition) is 5. The number of nitrogens with one attached hydrogen (secondary N) is 1. The zero-order valence-corrected chi connectivity index (χ0v) is 21.7. The second kappa shape index (κ2) is 10.8. The van der Waals surface area contributed by atoms with E-state index < -0.39 is 23.7 Å². The zero-order chi connectivity index (χ0) is 29.3. The SMILES string of the molecule is Cn1c(C(=O)N2CCN(C(=O)O)CC2)cc2cc(Oc3ccc(NC(=O)c4ccc(C(F)(F)F)cc4)cn3)ccc21. The van der Waals surface area contributed by atoms with Gasteiger partial charge in [-0.25, -0.2) is 9.78 Å². The number of halogens is 3. The average Bonchev–Trinajstić information content (AvgIpc) is 3.28. The van der Waals surface area contributed by atoms with Gasteiger partial charge in [0.05, 0.1) is 17.4 Å². The summed E-state index contributed by atoms with van der Waals surface area (Å²) in [5, 5.41) is 12.5. The number of hydrogen-bond donors (Lipinski definition) is 2. The van der Waals surface area contributed by atoms with E-state index in [-0.39, 0.29) is 30.4 Å². The summed E-state index contributed by atoms with van der Waals surface area (Å²) in [5.41, 5.74) is 0.819. The van der Waals surface area contributed by atoms with E-state index in [4.69, 9.17) is 9.84 Å². The number of piperazine rings is 1. The van der Waals surface area contributed by atoms with Crippen LogP contribution in [0.2, 0.25) is 0 Å². The fraction of sp³-hybridized carbons (Fsp3) is 0.214. The number of carbonyl (C=O) groups is 3. The van der Waals surface area contributed by atoms with Crippen LogP contribution in [0.1, 0.15) is 26.4 Å². The molecule has 0 spiro atoms. The van der Waals surface area contributed by atoms with Gasteiger partial charge < -0.3 is 29.5 Å². The van der Waals surface area contributed by atoms with Gasteiger partial charge in [-0.1, -0.05) is 0 Å². The molecule has 0 bridgehead atoms. The molecular formula is C28H24F3N5O5. The van der Waals surface area contributed by atoms with E-state index in [1.165, 1.54) is 17.2 Å². The molecule has 41 heavy (non-hydrogen) atoms. The number of pyridine rings is 1. The number of anilines is 1. The molecule has 3 heterocycles. The Kier molecular flexibility index (Phi) is 7.26. The maximum absolute atomic E-state index is 13.1. The number of rotatable bonds is 5. The molecule has 0 aliphatic carbocycles. The molecule has 2 aromatic carbocycles. The first-order valence-corrected chi connectivity index (χ1v) is 12.5. The highest BCUT2D eigenvalue weighted by Gasteiger charge is 2.30. The van der Waals surface area contributed by atoms with E-state index >= 15 is 0 Å². The molecule has 5 rings (SSSR count). The van der Waals surface area contributed by atoms with Crippen LogP contribution in [0.4, 0.5) is 23.7 Å². The van der Waals surface area contributed by atoms with Crippen molar-refractivity contribution in [2.75, 3.05) is 31.5 Å². The van der Waals surface area contributed by atoms with Crippen molar-refractivity contribution in [3.05, 3.63) is 83.7 Å². The number of amides is 3. The van der Waals surface area contributed by atoms with Gasteiger partial charge in [-0.3, -0.25) is 9.59 Å². The van der Waals surface area contributed by atoms with Crippen molar-refractivity contribution in [2.24, 2.45) is 7.05 Å². The lowest BCUT2D eigenvalue weighted by molar-refractivity contribution is -0.137. The van der Waals surface area contributed by atoms with Crippen molar-refractivity contribution >= 4 is 34.5 Å². The first kappa shape index (κ1) is 27.5. The molecule has 0 saturated carbocycles. The smallest absolute Gasteiger partial charge is 0.416 e. The number of fused-ring (bicyclic) bond motifs is 1. The molecule has 1 aliphatic rings. The van der Waals surface area contributed by atoms with Crippen molar-refractivity contribution in [3.63, 3.8) is 0 Å². The van der Waals surface area contributed by atoms with Crippen molar-refractivity contribution in [1.29, 1.82) is 0 Å². The summed E-state index contributed by atoms with van der Waals surface area (Å²) < 4.78 is 45.8. The highest BCUT2D eigenvalue weighted by Crippen LogP contribution is 2.30. The van der Waals surface area contributed by atoms with E-state index in [1.807, 2.05) is 6.07 Å². The number of nitrogens with zero attached hydrogens (tertiary/aromatic N) is 4. The van der Waals surface area contributed by atoms with E-state index in [2.05, 4.69) is 10.3 Å². The van der Waals surface area contributed by atoms with Crippen LogP contribution in [0.5, 0.6) is 11.6 Å². The summed E-state index contributed by atoms with van der Waals surface area (Å²) in [5.74, 6) is -0.0729. The predicted molar refractivity (Wildman–Crippen MR) is 142 cm³/mol. The maximum atomic E-state index is 13.1. The Morgan fingerprint density at radius 3 is 2.22 bits per heavy atom. The van der Waals surface area contributed by atoms with Gasteiger partial charge in [0.2, 0.25) is 5.88 Å². The van der Waals surface area contributed by atoms with Gasteiger partial charge in [-0.2, -0.15) is 13.2 Å². The second-order valence-corrected chi connectivity index (χ2v) is 9.39. The Morgan fingerprint density at radius 2 is 1.61 bits per heavy atom. The van der Waals surface area contributed by atoms with Crippen molar-refractivity contribution < 1.29 is 37.4 Å². The van der Waals surface area contributed by atoms with E-state index in [0.717, 1.165) is 35.2 Å². The maximum Gasteiger partial charge on any atom is 0.416 e. The summed E-state index contributed by atoms with van der Waals surface area (Å²) in [7, 11) is 1.78. The summed E-state index contributed by atoms with van der Waals surface area (Å²) in [4.78, 5) is 43.7. The van der Waals surface area contributed by atoms with Crippen LogP contribution >= 0.6 is 0 Å². The van der Waals surface area contributed by atoms with Crippen LogP contribution in [-0.2, 0) is 13.2 Å². The zero-order valence-electron chi connectivity index (χ0n) is 21.7. The number of alkyl halides is 3. The molecule has 0 atom stereocenters. The van der Waals surface area contributed by atoms with Gasteiger partial charge in [0, 0.05) is 55.8 Å². The summed E-state index contributed by atoms with van der Waals surface area (Å²) in [6.45, 7) is 1.14. The van der Waals surface area contributed by atoms with Crippen molar-refractivity contribution in [1.82, 2.24) is 19.4 Å². The van der Waals surface area contributed by atoms with Crippen LogP contribution in [-0.4, -0.2) is 68.5 Å². The van der Waals surface area contributed by atoms with Crippen LogP contribution in [0, 0.1) is 0 Å². The number of benzene rings is 2. The number of aromatic nitrogens is 2. The van der Waals surface area contributed by atoms with Crippen molar-refractivity contribution in [3.8, 4) is 11.6 Å². The molecule has 212 valence electrons. The molecule has 1 saturated heterocycles. The lowest BCUT2D eigenvalue weighted by atomic mass is 10.1. The monoisotopic (exact) mass is 567 g/mol. The van der Waals surface area contributed by atoms with E-state index in [0.29, 0.717) is 30.2 Å². The van der Waals surface area contributed by atoms with Gasteiger partial charge in [0.25, 0.3) is 11.8 Å². The van der Waals surface area contributed by atoms with Gasteiger partial charge in [-0.05, 0) is 54.6 Å². The summed E-state index contributed by atoms with van der Waals surface area (Å²) in [6, 6.07) is 14.0. The number of aryl methyl sites for hydroxylation is 1. The second-order valence-electron chi connectivity index (χ2n) is 9.39. The largest absolute Gasteiger partial charge is 0.465 e. The van der Waals surface area contributed by atoms with Gasteiger partial charge >= 0.3 is 12.3 Å². The highest BCUT2D eigenvalue weighted by atomic mass is 19.4. The first-order valence-electron chi connectivity index (χ1n) is 12.5. The molecule has 4 aromatic rings. The minimum absolute atomic E-state index is 0.0647. The molecular weight excluding hydrogens is 543 g/mol. The number of carbonyl (C=O) groups excluding carboxylic acids is 2. The Labute approximate surface area is 231 Å². The van der Waals surface area contributed by atoms with Crippen LogP contribution in [0.25, 0.3) is 10.9 Å². The normalized spacial score (nSPS) is 13.8. The van der Waals surface area contributed by atoms with Crippen LogP contribution in [0.3, 0.4) is 0 Å². The Morgan fingerprint density at radius 1 is 0.927 bits per heavy atom. The predicted octanol–water partition coefficient (Wildman–Crippen LogP) is 5.07. The molecule has 1 aliphatic heterocycles. The van der Waals surface area contributed by atoms with E-state index in [9.17, 15) is 27.6 Å². The molecule has 0 unspecified atom stereocenters. The third-order valence-electron chi connectivity index (χ3n) is 6.76. The topological polar surface area (TPSA) is 117 Å². The average molecular weight is 568 g/mol. The fourth-order valence-electron chi connectivity index (χ4n) is 4.51. The Balaban J connectivity index is 1.23. The van der Waals surface area contributed by atoms with Crippen LogP contribution < -0.4 is 10.1 Å². The van der Waals surface area contributed by atoms with Crippen LogP contribution in [0.15, 0.2) is 66.9 Å². The highest BCUT2D eigenvalue weighted by molar-refractivity contribution is 6.04. The minimum atomic E-state index is -4.49. The minimum Gasteiger partial charge on any atom is -0.465 e. The molecule has 10 nitrogen and oxygen atoms in total. The first-order chi connectivity index (χ1) is 19.5. The summed E-state index contributed by atoms with van der Waals surface area (Å²) >= 11 is 0. The molecule has 13 heteroatoms. The lowest BCUT2D eigenvalue weighted by Crippen LogP contribution is -2.50. The molecule has 1 fully saturated rings. The number of ether oxygens (including phenoxy) is 1. The van der Waals surface area contributed by atoms with Gasteiger partial charge in [0.15, 0.2) is 0 Å². The standard InChI is InChI=1S/C28H24F3N5O5/c1-34-22-8-7-21(14-18(22)15-23(34)26(38)35-10-12-36(13-11-35)27(39)40)41-24-9-6-20(16-32-24)33-25(37)17-2-4-19(5-3-17)28(29,30)31/h2-9,14-16H,10-13H2,1H3,(H,33,37)(H,39,40). The fourth-order valence-corrected chi connectivity index (χ4v) is 4.51. The number of carboxylic acid groups (broad SMARTS) is 1. The van der Waals surface area contributed by atoms with Gasteiger partial charge in [0.1, 0.15) is 11.4 Å². The molecule has 2 N–H and O–H groups in total. The lowest BCUT2D eigenvalue weighted by Gasteiger charge is -2.33. The van der Waals surface area contributed by atoms with Gasteiger partial charge in [-0.15, -0.1) is 0 Å². The summed E-state index contributed by atoms with van der Waals surface area (Å²) in [6.07, 6.45) is -4.12. The van der Waals surface area contributed by atoms with Crippen molar-refractivity contribution in [2.45, 2.75) is 6.18 Å². The molecule has 0 radical (unpaired) electrons. The van der Waals surface area contributed by atoms with E-state index in [1.54, 1.807) is 40.8 Å². The molecule has 3 amide bonds. The molecule has 2 aromatic heterocycles.